The normalized spacial score (nSPS) is 14.5. The number of hydrogen-bond donors (Lipinski definition) is 1. The van der Waals surface area contributed by atoms with E-state index in [0.717, 1.165) is 23.7 Å². The van der Waals surface area contributed by atoms with E-state index in [1.54, 1.807) is 7.05 Å². The summed E-state index contributed by atoms with van der Waals surface area (Å²) in [6.07, 6.45) is 2.51. The first-order valence-corrected chi connectivity index (χ1v) is 6.76. The molecule has 1 aliphatic carbocycles. The molecule has 0 atom stereocenters. The predicted octanol–water partition coefficient (Wildman–Crippen LogP) is 0.745. The van der Waals surface area contributed by atoms with E-state index < -0.39 is 0 Å². The van der Waals surface area contributed by atoms with Crippen LogP contribution in [0.4, 0.5) is 0 Å². The van der Waals surface area contributed by atoms with Crippen LogP contribution in [-0.4, -0.2) is 31.2 Å². The molecule has 0 aromatic carbocycles. The van der Waals surface area contributed by atoms with Crippen molar-refractivity contribution in [1.29, 1.82) is 0 Å². The zero-order chi connectivity index (χ0) is 13.9. The van der Waals surface area contributed by atoms with Gasteiger partial charge in [0.25, 0.3) is 0 Å². The Labute approximate surface area is 117 Å². The van der Waals surface area contributed by atoms with Gasteiger partial charge in [0.05, 0.1) is 12.7 Å². The van der Waals surface area contributed by atoms with Crippen LogP contribution in [0.5, 0.6) is 5.75 Å². The molecule has 0 amide bonds. The van der Waals surface area contributed by atoms with Gasteiger partial charge in [-0.05, 0) is 37.1 Å². The molecule has 0 aliphatic heterocycles. The van der Waals surface area contributed by atoms with Gasteiger partial charge in [0, 0.05) is 18.3 Å². The van der Waals surface area contributed by atoms with E-state index in [2.05, 4.69) is 25.7 Å². The summed E-state index contributed by atoms with van der Waals surface area (Å²) < 4.78 is 5.76. The molecule has 0 radical (unpaired) electrons. The second-order valence-corrected chi connectivity index (χ2v) is 5.04. The van der Waals surface area contributed by atoms with Crippen LogP contribution in [0.1, 0.15) is 30.1 Å². The van der Waals surface area contributed by atoms with Crippen LogP contribution >= 0.6 is 0 Å². The van der Waals surface area contributed by atoms with Crippen molar-refractivity contribution in [3.63, 3.8) is 0 Å². The molecule has 7 heteroatoms. The average molecular weight is 274 g/mol. The number of nitrogens with one attached hydrogen (secondary N) is 1. The SMILES string of the molecule is Cc1ccc(OCc2nnn(C)n2)c(CNC2CC2)n1. The summed E-state index contributed by atoms with van der Waals surface area (Å²) >= 11 is 0. The summed E-state index contributed by atoms with van der Waals surface area (Å²) in [7, 11) is 1.73. The van der Waals surface area contributed by atoms with Gasteiger partial charge in [0.1, 0.15) is 5.75 Å². The van der Waals surface area contributed by atoms with Gasteiger partial charge in [0.2, 0.25) is 5.82 Å². The molecule has 2 aromatic rings. The fourth-order valence-electron chi connectivity index (χ4n) is 1.91. The third-order valence-electron chi connectivity index (χ3n) is 3.11. The molecule has 1 aliphatic rings. The van der Waals surface area contributed by atoms with E-state index in [1.165, 1.54) is 17.6 Å². The van der Waals surface area contributed by atoms with E-state index in [-0.39, 0.29) is 0 Å². The van der Waals surface area contributed by atoms with E-state index in [9.17, 15) is 0 Å². The number of ether oxygens (including phenoxy) is 1. The highest BCUT2D eigenvalue weighted by molar-refractivity contribution is 5.29. The van der Waals surface area contributed by atoms with Crippen LogP contribution in [-0.2, 0) is 20.2 Å². The zero-order valence-corrected chi connectivity index (χ0v) is 11.7. The number of tetrazole rings is 1. The van der Waals surface area contributed by atoms with Crippen molar-refractivity contribution in [2.75, 3.05) is 0 Å². The van der Waals surface area contributed by atoms with Crippen molar-refractivity contribution >= 4 is 0 Å². The summed E-state index contributed by atoms with van der Waals surface area (Å²) in [5.74, 6) is 1.34. The largest absolute Gasteiger partial charge is 0.483 e. The van der Waals surface area contributed by atoms with E-state index in [4.69, 9.17) is 4.74 Å². The molecule has 0 bridgehead atoms. The molecule has 2 aromatic heterocycles. The second kappa shape index (κ2) is 5.54. The summed E-state index contributed by atoms with van der Waals surface area (Å²) in [5.41, 5.74) is 1.92. The van der Waals surface area contributed by atoms with Gasteiger partial charge in [-0.2, -0.15) is 4.80 Å². The van der Waals surface area contributed by atoms with Crippen LogP contribution < -0.4 is 10.1 Å². The standard InChI is InChI=1S/C13H18N6O/c1-9-3-6-12(11(15-9)7-14-10-4-5-10)20-8-13-16-18-19(2)17-13/h3,6,10,14H,4-5,7-8H2,1-2H3. The Morgan fingerprint density at radius 1 is 1.40 bits per heavy atom. The van der Waals surface area contributed by atoms with Crippen LogP contribution in [0, 0.1) is 6.92 Å². The molecule has 2 heterocycles. The third-order valence-corrected chi connectivity index (χ3v) is 3.11. The molecule has 0 unspecified atom stereocenters. The van der Waals surface area contributed by atoms with Crippen LogP contribution in [0.25, 0.3) is 0 Å². The summed E-state index contributed by atoms with van der Waals surface area (Å²) in [5, 5.41) is 15.2. The molecular weight excluding hydrogens is 256 g/mol. The Morgan fingerprint density at radius 2 is 2.25 bits per heavy atom. The fourth-order valence-corrected chi connectivity index (χ4v) is 1.91. The lowest BCUT2D eigenvalue weighted by Crippen LogP contribution is -2.17. The summed E-state index contributed by atoms with van der Waals surface area (Å²) in [4.78, 5) is 5.96. The number of rotatable bonds is 6. The molecule has 0 spiro atoms. The Balaban J connectivity index is 1.66. The van der Waals surface area contributed by atoms with Gasteiger partial charge in [-0.3, -0.25) is 4.98 Å². The highest BCUT2D eigenvalue weighted by Crippen LogP contribution is 2.22. The Hall–Kier alpha value is -2.02. The fraction of sp³-hybridized carbons (Fsp3) is 0.538. The Kier molecular flexibility index (Phi) is 3.60. The molecule has 7 nitrogen and oxygen atoms in total. The highest BCUT2D eigenvalue weighted by Gasteiger charge is 2.21. The summed E-state index contributed by atoms with van der Waals surface area (Å²) in [6, 6.07) is 4.54. The van der Waals surface area contributed by atoms with Gasteiger partial charge >= 0.3 is 0 Å². The summed E-state index contributed by atoms with van der Waals surface area (Å²) in [6.45, 7) is 3.01. The number of nitrogens with zero attached hydrogens (tertiary/aromatic N) is 5. The highest BCUT2D eigenvalue weighted by atomic mass is 16.5. The third kappa shape index (κ3) is 3.30. The smallest absolute Gasteiger partial charge is 0.212 e. The molecule has 1 saturated carbocycles. The van der Waals surface area contributed by atoms with E-state index in [0.29, 0.717) is 18.5 Å². The van der Waals surface area contributed by atoms with Crippen LogP contribution in [0.3, 0.4) is 0 Å². The van der Waals surface area contributed by atoms with Crippen molar-refractivity contribution in [1.82, 2.24) is 30.5 Å². The lowest BCUT2D eigenvalue weighted by Gasteiger charge is -2.10. The first-order chi connectivity index (χ1) is 9.70. The molecule has 20 heavy (non-hydrogen) atoms. The van der Waals surface area contributed by atoms with Crippen LogP contribution in [0.2, 0.25) is 0 Å². The van der Waals surface area contributed by atoms with Crippen molar-refractivity contribution in [3.8, 4) is 5.75 Å². The topological polar surface area (TPSA) is 77.8 Å². The van der Waals surface area contributed by atoms with Crippen molar-refractivity contribution in [2.45, 2.75) is 39.0 Å². The number of aryl methyl sites for hydroxylation is 2. The monoisotopic (exact) mass is 274 g/mol. The lowest BCUT2D eigenvalue weighted by atomic mass is 10.3. The zero-order valence-electron chi connectivity index (χ0n) is 11.7. The van der Waals surface area contributed by atoms with E-state index in [1.807, 2.05) is 19.1 Å². The van der Waals surface area contributed by atoms with Gasteiger partial charge in [-0.25, -0.2) is 0 Å². The van der Waals surface area contributed by atoms with E-state index >= 15 is 0 Å². The first kappa shape index (κ1) is 13.0. The van der Waals surface area contributed by atoms with Gasteiger partial charge in [0.15, 0.2) is 6.61 Å². The first-order valence-electron chi connectivity index (χ1n) is 6.76. The molecular formula is C13H18N6O. The maximum absolute atomic E-state index is 5.76. The lowest BCUT2D eigenvalue weighted by molar-refractivity contribution is 0.289. The Morgan fingerprint density at radius 3 is 2.95 bits per heavy atom. The minimum Gasteiger partial charge on any atom is -0.483 e. The second-order valence-electron chi connectivity index (χ2n) is 5.04. The van der Waals surface area contributed by atoms with Crippen molar-refractivity contribution in [2.24, 2.45) is 7.05 Å². The van der Waals surface area contributed by atoms with Crippen LogP contribution in [0.15, 0.2) is 12.1 Å². The Bertz CT molecular complexity index is 592. The minimum atomic E-state index is 0.301. The number of pyridine rings is 1. The predicted molar refractivity (Wildman–Crippen MR) is 72.0 cm³/mol. The molecule has 3 rings (SSSR count). The molecule has 1 fully saturated rings. The van der Waals surface area contributed by atoms with Gasteiger partial charge in [-0.1, -0.05) is 0 Å². The molecule has 106 valence electrons. The number of hydrogen-bond acceptors (Lipinski definition) is 6. The molecule has 0 saturated heterocycles. The van der Waals surface area contributed by atoms with Gasteiger partial charge in [-0.15, -0.1) is 10.2 Å². The maximum atomic E-state index is 5.76. The minimum absolute atomic E-state index is 0.301. The number of aromatic nitrogens is 5. The van der Waals surface area contributed by atoms with Crippen molar-refractivity contribution < 1.29 is 4.74 Å². The maximum Gasteiger partial charge on any atom is 0.212 e. The average Bonchev–Trinajstić information content (AvgIpc) is 3.17. The van der Waals surface area contributed by atoms with Crippen molar-refractivity contribution in [3.05, 3.63) is 29.3 Å². The quantitative estimate of drug-likeness (QED) is 0.837. The molecule has 1 N–H and O–H groups in total. The van der Waals surface area contributed by atoms with Gasteiger partial charge < -0.3 is 10.1 Å².